The van der Waals surface area contributed by atoms with Crippen molar-refractivity contribution in [2.45, 2.75) is 6.92 Å². The van der Waals surface area contributed by atoms with Gasteiger partial charge in [-0.3, -0.25) is 0 Å². The third-order valence-electron chi connectivity index (χ3n) is 0.981. The average molecular weight is 136 g/mol. The molecule has 0 aliphatic carbocycles. The molecular weight excluding hydrogens is 124 g/mol. The van der Waals surface area contributed by atoms with E-state index in [1.165, 1.54) is 4.31 Å². The maximum Gasteiger partial charge on any atom is 0.107 e. The smallest absolute Gasteiger partial charge is 0.107 e. The number of hydrogen-bond acceptors (Lipinski definition) is 2. The van der Waals surface area contributed by atoms with Gasteiger partial charge in [-0.25, -0.2) is 13.3 Å². The van der Waals surface area contributed by atoms with Crippen LogP contribution >= 0.6 is 0 Å². The third kappa shape index (κ3) is 1.79. The van der Waals surface area contributed by atoms with Crippen LogP contribution < -0.4 is 0 Å². The predicted octanol–water partition coefficient (Wildman–Crippen LogP) is 0.530. The molecule has 0 aliphatic heterocycles. The van der Waals surface area contributed by atoms with E-state index in [9.17, 15) is 4.21 Å². The minimum atomic E-state index is -2.40. The lowest BCUT2D eigenvalue weighted by atomic mass is 11.0. The molecule has 1 unspecified atom stereocenters. The van der Waals surface area contributed by atoms with E-state index >= 15 is 0 Å². The quantitative estimate of drug-likeness (QED) is 0.591. The molecule has 0 bridgehead atoms. The van der Waals surface area contributed by atoms with E-state index in [0.29, 0.717) is 5.75 Å². The third-order valence-corrected chi connectivity index (χ3v) is 2.94. The molecule has 0 spiro atoms. The summed E-state index contributed by atoms with van der Waals surface area (Å²) in [6.45, 7) is 1.75. The zero-order valence-corrected chi connectivity index (χ0v) is 6.29. The largest absolute Gasteiger partial charge is 0.240 e. The molecule has 0 aliphatic rings. The molecule has 0 amide bonds. The second-order valence-electron chi connectivity index (χ2n) is 1.74. The van der Waals surface area contributed by atoms with E-state index < -0.39 is 9.92 Å². The van der Waals surface area contributed by atoms with Gasteiger partial charge in [0.05, 0.1) is 0 Å². The molecule has 3 nitrogen and oxygen atoms in total. The van der Waals surface area contributed by atoms with Crippen LogP contribution in [-0.2, 0) is 9.92 Å². The lowest BCUT2D eigenvalue weighted by Gasteiger charge is -2.10. The monoisotopic (exact) mass is 136 g/mol. The summed E-state index contributed by atoms with van der Waals surface area (Å²) in [4.78, 5) is 0. The maximum atomic E-state index is 10.8. The molecule has 0 saturated carbocycles. The first-order valence-corrected chi connectivity index (χ1v) is 4.13. The molecule has 0 aromatic carbocycles. The number of hydrogen-bond donors (Lipinski definition) is 1. The Morgan fingerprint density at radius 1 is 1.62 bits per heavy atom. The van der Waals surface area contributed by atoms with E-state index in [2.05, 4.69) is 0 Å². The Morgan fingerprint density at radius 2 is 2.00 bits per heavy atom. The predicted molar refractivity (Wildman–Crippen MR) is 35.1 cm³/mol. The van der Waals surface area contributed by atoms with Gasteiger partial charge >= 0.3 is 0 Å². The van der Waals surface area contributed by atoms with Crippen molar-refractivity contribution in [2.75, 3.05) is 19.8 Å². The first-order valence-electron chi connectivity index (χ1n) is 2.44. The van der Waals surface area contributed by atoms with E-state index in [4.69, 9.17) is 4.78 Å². The molecule has 8 heavy (non-hydrogen) atoms. The van der Waals surface area contributed by atoms with Crippen molar-refractivity contribution in [1.29, 1.82) is 4.78 Å². The fraction of sp³-hybridized carbons (Fsp3) is 1.00. The summed E-state index contributed by atoms with van der Waals surface area (Å²) in [5.74, 6) is 0.403. The standard InChI is InChI=1S/C4H12N2OS/c1-4-8(5,7)6(2)3/h5H,4H2,1-3H3. The minimum Gasteiger partial charge on any atom is -0.240 e. The van der Waals surface area contributed by atoms with E-state index in [1.807, 2.05) is 0 Å². The second kappa shape index (κ2) is 2.46. The molecule has 0 saturated heterocycles. The van der Waals surface area contributed by atoms with Crippen molar-refractivity contribution in [1.82, 2.24) is 4.31 Å². The normalized spacial score (nSPS) is 18.5. The fourth-order valence-corrected chi connectivity index (χ4v) is 0.775. The van der Waals surface area contributed by atoms with Gasteiger partial charge < -0.3 is 0 Å². The van der Waals surface area contributed by atoms with Crippen LogP contribution in [0.4, 0.5) is 0 Å². The highest BCUT2D eigenvalue weighted by Crippen LogP contribution is 1.92. The van der Waals surface area contributed by atoms with Gasteiger partial charge in [0.1, 0.15) is 9.92 Å². The van der Waals surface area contributed by atoms with Gasteiger partial charge in [-0.2, -0.15) is 0 Å². The summed E-state index contributed by atoms with van der Waals surface area (Å²) in [6, 6.07) is 0. The summed E-state index contributed by atoms with van der Waals surface area (Å²) in [7, 11) is 0.900. The van der Waals surface area contributed by atoms with Crippen LogP contribution in [0.1, 0.15) is 6.92 Å². The molecule has 50 valence electrons. The number of nitrogens with one attached hydrogen (secondary N) is 1. The first kappa shape index (κ1) is 7.91. The highest BCUT2D eigenvalue weighted by atomic mass is 32.2. The Kier molecular flexibility index (Phi) is 2.43. The Morgan fingerprint density at radius 3 is 2.00 bits per heavy atom. The second-order valence-corrected chi connectivity index (χ2v) is 4.33. The topological polar surface area (TPSA) is 44.2 Å². The zero-order chi connectivity index (χ0) is 6.78. The van der Waals surface area contributed by atoms with Crippen molar-refractivity contribution in [3.8, 4) is 0 Å². The summed E-state index contributed by atoms with van der Waals surface area (Å²) >= 11 is 0. The molecule has 0 heterocycles. The minimum absolute atomic E-state index is 0.403. The first-order chi connectivity index (χ1) is 3.50. The summed E-state index contributed by atoms with van der Waals surface area (Å²) in [5.41, 5.74) is 0. The van der Waals surface area contributed by atoms with Crippen LogP contribution in [0, 0.1) is 4.78 Å². The van der Waals surface area contributed by atoms with Gasteiger partial charge in [-0.15, -0.1) is 0 Å². The highest BCUT2D eigenvalue weighted by Gasteiger charge is 2.02. The molecular formula is C4H12N2OS. The van der Waals surface area contributed by atoms with Gasteiger partial charge in [0.25, 0.3) is 0 Å². The Bertz CT molecular complexity index is 147. The summed E-state index contributed by atoms with van der Waals surface area (Å²) in [5, 5.41) is 0. The van der Waals surface area contributed by atoms with E-state index in [1.54, 1.807) is 21.0 Å². The van der Waals surface area contributed by atoms with Gasteiger partial charge in [-0.05, 0) is 0 Å². The lowest BCUT2D eigenvalue weighted by molar-refractivity contribution is 0.590. The van der Waals surface area contributed by atoms with Gasteiger partial charge in [0.2, 0.25) is 0 Å². The van der Waals surface area contributed by atoms with Crippen molar-refractivity contribution < 1.29 is 4.21 Å². The molecule has 1 atom stereocenters. The molecule has 4 heteroatoms. The summed E-state index contributed by atoms with van der Waals surface area (Å²) in [6.07, 6.45) is 0. The number of nitrogens with zero attached hydrogens (tertiary/aromatic N) is 1. The van der Waals surface area contributed by atoms with Crippen LogP contribution in [0.5, 0.6) is 0 Å². The van der Waals surface area contributed by atoms with Crippen LogP contribution in [0.3, 0.4) is 0 Å². The Balaban J connectivity index is 4.17. The molecule has 1 N–H and O–H groups in total. The van der Waals surface area contributed by atoms with Crippen molar-refractivity contribution >= 4 is 9.92 Å². The van der Waals surface area contributed by atoms with E-state index in [-0.39, 0.29) is 0 Å². The highest BCUT2D eigenvalue weighted by molar-refractivity contribution is 7.90. The fourth-order valence-electron chi connectivity index (χ4n) is 0.258. The lowest BCUT2D eigenvalue weighted by Crippen LogP contribution is -2.22. The van der Waals surface area contributed by atoms with Crippen LogP contribution in [0.2, 0.25) is 0 Å². The Hall–Kier alpha value is -0.0900. The Labute approximate surface area is 50.8 Å². The van der Waals surface area contributed by atoms with Crippen molar-refractivity contribution in [3.05, 3.63) is 0 Å². The van der Waals surface area contributed by atoms with Crippen LogP contribution in [-0.4, -0.2) is 28.4 Å². The average Bonchev–Trinajstić information content (AvgIpc) is 1.67. The zero-order valence-electron chi connectivity index (χ0n) is 5.47. The van der Waals surface area contributed by atoms with Crippen molar-refractivity contribution in [2.24, 2.45) is 0 Å². The summed E-state index contributed by atoms with van der Waals surface area (Å²) < 4.78 is 19.4. The van der Waals surface area contributed by atoms with Crippen LogP contribution in [0.15, 0.2) is 0 Å². The van der Waals surface area contributed by atoms with E-state index in [0.717, 1.165) is 0 Å². The van der Waals surface area contributed by atoms with Crippen LogP contribution in [0.25, 0.3) is 0 Å². The molecule has 0 rings (SSSR count). The van der Waals surface area contributed by atoms with Gasteiger partial charge in [-0.1, -0.05) is 6.92 Å². The molecule has 0 aromatic heterocycles. The molecule has 0 radical (unpaired) electrons. The molecule has 0 aromatic rings. The van der Waals surface area contributed by atoms with Gasteiger partial charge in [0.15, 0.2) is 0 Å². The molecule has 0 fully saturated rings. The van der Waals surface area contributed by atoms with Gasteiger partial charge in [0, 0.05) is 19.8 Å². The SMILES string of the molecule is CCS(=N)(=O)N(C)C. The number of rotatable bonds is 2. The maximum absolute atomic E-state index is 10.8. The van der Waals surface area contributed by atoms with Crippen molar-refractivity contribution in [3.63, 3.8) is 0 Å².